The van der Waals surface area contributed by atoms with Gasteiger partial charge in [-0.1, -0.05) is 67.6 Å². The summed E-state index contributed by atoms with van der Waals surface area (Å²) in [6.07, 6.45) is 0.819. The number of hydrogen-bond acceptors (Lipinski definition) is 5. The van der Waals surface area contributed by atoms with Crippen LogP contribution in [0.3, 0.4) is 0 Å². The molecule has 3 fully saturated rings. The SMILES string of the molecule is CC1CC23O[C@]1(C)[C@@H](C(=O)NCc1ccccc1)[C@H]2C(=O)N(CCCO)C3C(=O)Nc1ccc2ccccc2c1. The molecule has 40 heavy (non-hydrogen) atoms. The Morgan fingerprint density at radius 2 is 1.75 bits per heavy atom. The molecule has 8 nitrogen and oxygen atoms in total. The van der Waals surface area contributed by atoms with Crippen molar-refractivity contribution in [2.75, 3.05) is 18.5 Å². The quantitative estimate of drug-likeness (QED) is 0.405. The van der Waals surface area contributed by atoms with Gasteiger partial charge in [0.1, 0.15) is 11.6 Å². The summed E-state index contributed by atoms with van der Waals surface area (Å²) < 4.78 is 6.75. The molecular formula is C32H35N3O5. The number of aliphatic hydroxyl groups excluding tert-OH is 1. The Balaban J connectivity index is 1.33. The molecule has 3 N–H and O–H groups in total. The molecule has 1 spiro atoms. The zero-order valence-electron chi connectivity index (χ0n) is 22.8. The number of likely N-dealkylation sites (tertiary alicyclic amines) is 1. The third-order valence-electron chi connectivity index (χ3n) is 9.23. The first-order valence-electron chi connectivity index (χ1n) is 14.0. The molecule has 3 aliphatic rings. The van der Waals surface area contributed by atoms with Gasteiger partial charge < -0.3 is 25.4 Å². The number of carbonyl (C=O) groups is 3. The minimum atomic E-state index is -1.13. The normalized spacial score (nSPS) is 30.5. The molecule has 3 unspecified atom stereocenters. The van der Waals surface area contributed by atoms with Crippen LogP contribution >= 0.6 is 0 Å². The van der Waals surface area contributed by atoms with E-state index in [0.717, 1.165) is 16.3 Å². The summed E-state index contributed by atoms with van der Waals surface area (Å²) in [7, 11) is 0. The Bertz CT molecular complexity index is 1460. The van der Waals surface area contributed by atoms with Crippen LogP contribution in [0, 0.1) is 17.8 Å². The Kier molecular flexibility index (Phi) is 6.63. The van der Waals surface area contributed by atoms with Crippen LogP contribution < -0.4 is 10.6 Å². The number of fused-ring (bicyclic) bond motifs is 2. The Morgan fingerprint density at radius 1 is 1.02 bits per heavy atom. The lowest BCUT2D eigenvalue weighted by molar-refractivity contribution is -0.146. The zero-order valence-corrected chi connectivity index (χ0v) is 22.8. The van der Waals surface area contributed by atoms with Gasteiger partial charge in [-0.15, -0.1) is 0 Å². The van der Waals surface area contributed by atoms with Gasteiger partial charge in [-0.3, -0.25) is 14.4 Å². The average Bonchev–Trinajstić information content (AvgIpc) is 3.47. The molecule has 3 aromatic carbocycles. The lowest BCUT2D eigenvalue weighted by atomic mass is 9.62. The molecular weight excluding hydrogens is 506 g/mol. The summed E-state index contributed by atoms with van der Waals surface area (Å²) in [5, 5.41) is 17.7. The largest absolute Gasteiger partial charge is 0.396 e. The van der Waals surface area contributed by atoms with Crippen molar-refractivity contribution < 1.29 is 24.2 Å². The van der Waals surface area contributed by atoms with Crippen LogP contribution in [-0.4, -0.2) is 58.1 Å². The number of rotatable bonds is 8. The number of hydrogen-bond donors (Lipinski definition) is 3. The van der Waals surface area contributed by atoms with E-state index in [2.05, 4.69) is 10.6 Å². The highest BCUT2D eigenvalue weighted by atomic mass is 16.5. The van der Waals surface area contributed by atoms with E-state index in [9.17, 15) is 19.5 Å². The van der Waals surface area contributed by atoms with Crippen LogP contribution in [0.25, 0.3) is 10.8 Å². The highest BCUT2D eigenvalue weighted by molar-refractivity contribution is 6.04. The highest BCUT2D eigenvalue weighted by Gasteiger charge is 2.79. The molecule has 3 amide bonds. The lowest BCUT2D eigenvalue weighted by Crippen LogP contribution is -2.54. The molecule has 6 atom stereocenters. The van der Waals surface area contributed by atoms with E-state index in [1.807, 2.05) is 86.6 Å². The Labute approximate surface area is 233 Å². The van der Waals surface area contributed by atoms with Crippen LogP contribution in [0.2, 0.25) is 0 Å². The minimum Gasteiger partial charge on any atom is -0.396 e. The second-order valence-electron chi connectivity index (χ2n) is 11.6. The van der Waals surface area contributed by atoms with Gasteiger partial charge in [0.05, 0.1) is 17.4 Å². The van der Waals surface area contributed by atoms with Gasteiger partial charge in [0.15, 0.2) is 0 Å². The van der Waals surface area contributed by atoms with Gasteiger partial charge in [-0.2, -0.15) is 0 Å². The van der Waals surface area contributed by atoms with Crippen molar-refractivity contribution in [2.24, 2.45) is 17.8 Å². The fourth-order valence-electron chi connectivity index (χ4n) is 7.29. The van der Waals surface area contributed by atoms with Crippen LogP contribution in [0.1, 0.15) is 32.3 Å². The predicted molar refractivity (Wildman–Crippen MR) is 151 cm³/mol. The van der Waals surface area contributed by atoms with E-state index in [-0.39, 0.29) is 36.8 Å². The summed E-state index contributed by atoms with van der Waals surface area (Å²) in [6, 6.07) is 22.3. The van der Waals surface area contributed by atoms with Gasteiger partial charge in [-0.25, -0.2) is 0 Å². The first kappa shape index (κ1) is 26.5. The molecule has 0 saturated carbocycles. The van der Waals surface area contributed by atoms with Crippen molar-refractivity contribution >= 4 is 34.2 Å². The second-order valence-corrected chi connectivity index (χ2v) is 11.6. The summed E-state index contributed by atoms with van der Waals surface area (Å²) in [5.41, 5.74) is -0.424. The van der Waals surface area contributed by atoms with Crippen molar-refractivity contribution in [1.29, 1.82) is 0 Å². The summed E-state index contributed by atoms with van der Waals surface area (Å²) >= 11 is 0. The summed E-state index contributed by atoms with van der Waals surface area (Å²) in [4.78, 5) is 43.4. The van der Waals surface area contributed by atoms with E-state index >= 15 is 0 Å². The number of benzene rings is 3. The molecule has 3 saturated heterocycles. The fraction of sp³-hybridized carbons (Fsp3) is 0.406. The molecule has 8 heteroatoms. The highest BCUT2D eigenvalue weighted by Crippen LogP contribution is 2.65. The molecule has 3 aliphatic heterocycles. The van der Waals surface area contributed by atoms with E-state index in [1.54, 1.807) is 0 Å². The standard InChI is InChI=1S/C32H35N3O5/c1-20-18-32-26(25(31(20,2)40-32)28(37)33-19-21-9-4-3-5-10-21)30(39)35(15-8-16-36)27(32)29(38)34-24-14-13-22-11-6-7-12-23(22)17-24/h3-7,9-14,17,20,25-27,36H,8,15-16,18-19H2,1-2H3,(H,33,37)(H,34,38)/t20?,25-,26+,27?,31+,32?/m1/s1. The van der Waals surface area contributed by atoms with Crippen molar-refractivity contribution in [3.05, 3.63) is 78.4 Å². The molecule has 0 radical (unpaired) electrons. The number of nitrogens with one attached hydrogen (secondary N) is 2. The van der Waals surface area contributed by atoms with Crippen LogP contribution in [0.4, 0.5) is 5.69 Å². The van der Waals surface area contributed by atoms with Crippen molar-refractivity contribution in [2.45, 2.75) is 50.5 Å². The van der Waals surface area contributed by atoms with Crippen LogP contribution in [0.15, 0.2) is 72.8 Å². The van der Waals surface area contributed by atoms with E-state index in [4.69, 9.17) is 4.74 Å². The third-order valence-corrected chi connectivity index (χ3v) is 9.23. The summed E-state index contributed by atoms with van der Waals surface area (Å²) in [5.74, 6) is -2.40. The number of aliphatic hydroxyl groups is 1. The molecule has 6 rings (SSSR count). The van der Waals surface area contributed by atoms with Gasteiger partial charge in [-0.05, 0) is 54.2 Å². The molecule has 2 bridgehead atoms. The van der Waals surface area contributed by atoms with Crippen LogP contribution in [-0.2, 0) is 25.7 Å². The number of carbonyl (C=O) groups excluding carboxylic acids is 3. The van der Waals surface area contributed by atoms with Crippen molar-refractivity contribution in [3.8, 4) is 0 Å². The summed E-state index contributed by atoms with van der Waals surface area (Å²) in [6.45, 7) is 4.37. The maximum Gasteiger partial charge on any atom is 0.250 e. The molecule has 3 heterocycles. The van der Waals surface area contributed by atoms with Crippen molar-refractivity contribution in [3.63, 3.8) is 0 Å². The second kappa shape index (κ2) is 10.0. The van der Waals surface area contributed by atoms with Gasteiger partial charge in [0, 0.05) is 25.4 Å². The monoisotopic (exact) mass is 541 g/mol. The molecule has 3 aromatic rings. The maximum atomic E-state index is 14.1. The van der Waals surface area contributed by atoms with Gasteiger partial charge in [0.2, 0.25) is 17.7 Å². The van der Waals surface area contributed by atoms with Crippen LogP contribution in [0.5, 0.6) is 0 Å². The maximum absolute atomic E-state index is 14.1. The lowest BCUT2D eigenvalue weighted by Gasteiger charge is -2.36. The first-order valence-corrected chi connectivity index (χ1v) is 14.0. The number of anilines is 1. The smallest absolute Gasteiger partial charge is 0.250 e. The first-order chi connectivity index (χ1) is 19.3. The molecule has 0 aromatic heterocycles. The Morgan fingerprint density at radius 3 is 2.50 bits per heavy atom. The predicted octanol–water partition coefficient (Wildman–Crippen LogP) is 3.49. The topological polar surface area (TPSA) is 108 Å². The number of ether oxygens (including phenoxy) is 1. The molecule has 0 aliphatic carbocycles. The van der Waals surface area contributed by atoms with E-state index in [1.165, 1.54) is 4.90 Å². The van der Waals surface area contributed by atoms with E-state index < -0.39 is 29.1 Å². The fourth-order valence-corrected chi connectivity index (χ4v) is 7.29. The van der Waals surface area contributed by atoms with Gasteiger partial charge in [0.25, 0.3) is 0 Å². The zero-order chi connectivity index (χ0) is 28.1. The molecule has 208 valence electrons. The van der Waals surface area contributed by atoms with Crippen molar-refractivity contribution in [1.82, 2.24) is 10.2 Å². The number of amides is 3. The Hall–Kier alpha value is -3.75. The van der Waals surface area contributed by atoms with Gasteiger partial charge >= 0.3 is 0 Å². The number of nitrogens with zero attached hydrogens (tertiary/aromatic N) is 1. The minimum absolute atomic E-state index is 0.0437. The average molecular weight is 542 g/mol. The third kappa shape index (κ3) is 4.09. The van der Waals surface area contributed by atoms with E-state index in [0.29, 0.717) is 25.1 Å².